The third-order valence-corrected chi connectivity index (χ3v) is 7.29. The quantitative estimate of drug-likeness (QED) is 0.443. The van der Waals surface area contributed by atoms with Gasteiger partial charge in [0.25, 0.3) is 5.56 Å². The second-order valence-electron chi connectivity index (χ2n) is 8.33. The van der Waals surface area contributed by atoms with E-state index in [2.05, 4.69) is 51.7 Å². The average Bonchev–Trinajstić information content (AvgIpc) is 3.39. The van der Waals surface area contributed by atoms with Crippen LogP contribution in [0.4, 0.5) is 0 Å². The monoisotopic (exact) mass is 443 g/mol. The van der Waals surface area contributed by atoms with Gasteiger partial charge in [-0.25, -0.2) is 4.98 Å². The van der Waals surface area contributed by atoms with E-state index in [-0.39, 0.29) is 23.9 Å². The van der Waals surface area contributed by atoms with Gasteiger partial charge in [-0.2, -0.15) is 0 Å². The molecule has 2 heterocycles. The zero-order chi connectivity index (χ0) is 22.1. The number of benzene rings is 2. The molecule has 1 atom stereocenters. The lowest BCUT2D eigenvalue weighted by molar-refractivity contribution is -0.121. The predicted molar refractivity (Wildman–Crippen MR) is 129 cm³/mol. The smallest absolute Gasteiger partial charge is 0.259 e. The van der Waals surface area contributed by atoms with Crippen LogP contribution in [0.3, 0.4) is 0 Å². The molecule has 6 heteroatoms. The summed E-state index contributed by atoms with van der Waals surface area (Å²) in [7, 11) is 0. The Labute approximate surface area is 190 Å². The molecule has 0 aliphatic heterocycles. The SMILES string of the molecule is CC(NC(=O)CCc1nc2sc3c(c2c(=O)[nH]1)CCC3)c1ccc(-c2ccccc2)cc1. The molecule has 0 saturated carbocycles. The van der Waals surface area contributed by atoms with E-state index in [0.717, 1.165) is 40.6 Å². The number of rotatable bonds is 6. The first-order valence-electron chi connectivity index (χ1n) is 11.1. The molecule has 5 rings (SSSR count). The largest absolute Gasteiger partial charge is 0.350 e. The van der Waals surface area contributed by atoms with E-state index in [1.807, 2.05) is 25.1 Å². The van der Waals surface area contributed by atoms with Gasteiger partial charge in [0.2, 0.25) is 5.91 Å². The van der Waals surface area contributed by atoms with Gasteiger partial charge in [0.05, 0.1) is 11.4 Å². The molecule has 0 fully saturated rings. The Bertz CT molecular complexity index is 1320. The van der Waals surface area contributed by atoms with Crippen LogP contribution in [-0.4, -0.2) is 15.9 Å². The van der Waals surface area contributed by atoms with Crippen molar-refractivity contribution in [1.82, 2.24) is 15.3 Å². The Morgan fingerprint density at radius 2 is 1.84 bits per heavy atom. The van der Waals surface area contributed by atoms with Crippen molar-refractivity contribution in [2.24, 2.45) is 0 Å². The molecule has 0 radical (unpaired) electrons. The van der Waals surface area contributed by atoms with Crippen LogP contribution in [-0.2, 0) is 24.1 Å². The summed E-state index contributed by atoms with van der Waals surface area (Å²) in [4.78, 5) is 34.7. The number of thiophene rings is 1. The Kier molecular flexibility index (Phi) is 5.62. The minimum atomic E-state index is -0.0953. The molecule has 1 aliphatic rings. The van der Waals surface area contributed by atoms with Gasteiger partial charge >= 0.3 is 0 Å². The number of amides is 1. The standard InChI is InChI=1S/C26H25N3O2S/c1-16(17-10-12-19(13-11-17)18-6-3-2-4-7-18)27-23(30)15-14-22-28-25(31)24-20-8-5-9-21(20)32-26(24)29-22/h2-4,6-7,10-13,16H,5,8-9,14-15H2,1H3,(H,27,30)(H,28,29,31). The number of nitrogens with zero attached hydrogens (tertiary/aromatic N) is 1. The highest BCUT2D eigenvalue weighted by molar-refractivity contribution is 7.18. The molecule has 162 valence electrons. The molecule has 1 unspecified atom stereocenters. The molecule has 0 saturated heterocycles. The van der Waals surface area contributed by atoms with Crippen molar-refractivity contribution in [2.75, 3.05) is 0 Å². The minimum absolute atomic E-state index is 0.0546. The topological polar surface area (TPSA) is 74.8 Å². The van der Waals surface area contributed by atoms with Crippen LogP contribution in [0.2, 0.25) is 0 Å². The Morgan fingerprint density at radius 1 is 1.09 bits per heavy atom. The maximum Gasteiger partial charge on any atom is 0.259 e. The predicted octanol–water partition coefficient (Wildman–Crippen LogP) is 4.95. The number of H-pyrrole nitrogens is 1. The van der Waals surface area contributed by atoms with E-state index in [1.165, 1.54) is 16.0 Å². The van der Waals surface area contributed by atoms with Gasteiger partial charge in [0, 0.05) is 17.7 Å². The average molecular weight is 444 g/mol. The highest BCUT2D eigenvalue weighted by Crippen LogP contribution is 2.34. The van der Waals surface area contributed by atoms with Crippen LogP contribution in [0.15, 0.2) is 59.4 Å². The van der Waals surface area contributed by atoms with E-state index >= 15 is 0 Å². The van der Waals surface area contributed by atoms with Gasteiger partial charge in [-0.15, -0.1) is 11.3 Å². The first-order chi connectivity index (χ1) is 15.6. The molecule has 0 spiro atoms. The molecule has 32 heavy (non-hydrogen) atoms. The zero-order valence-corrected chi connectivity index (χ0v) is 18.8. The molecule has 4 aromatic rings. The second kappa shape index (κ2) is 8.71. The first kappa shape index (κ1) is 20.6. The minimum Gasteiger partial charge on any atom is -0.350 e. The number of aromatic nitrogens is 2. The number of hydrogen-bond acceptors (Lipinski definition) is 4. The van der Waals surface area contributed by atoms with Crippen LogP contribution in [0.5, 0.6) is 0 Å². The lowest BCUT2D eigenvalue weighted by Crippen LogP contribution is -2.27. The molecule has 2 aromatic heterocycles. The van der Waals surface area contributed by atoms with Gasteiger partial charge in [-0.3, -0.25) is 9.59 Å². The van der Waals surface area contributed by atoms with E-state index in [9.17, 15) is 9.59 Å². The molecule has 1 amide bonds. The molecule has 2 aromatic carbocycles. The Morgan fingerprint density at radius 3 is 2.62 bits per heavy atom. The summed E-state index contributed by atoms with van der Waals surface area (Å²) < 4.78 is 0. The summed E-state index contributed by atoms with van der Waals surface area (Å²) in [5, 5.41) is 3.81. The van der Waals surface area contributed by atoms with Gasteiger partial charge in [0.15, 0.2) is 0 Å². The molecular formula is C26H25N3O2S. The van der Waals surface area contributed by atoms with Crippen molar-refractivity contribution >= 4 is 27.5 Å². The summed E-state index contributed by atoms with van der Waals surface area (Å²) in [5.74, 6) is 0.526. The van der Waals surface area contributed by atoms with Crippen LogP contribution >= 0.6 is 11.3 Å². The van der Waals surface area contributed by atoms with Crippen molar-refractivity contribution in [2.45, 2.75) is 45.1 Å². The molecule has 5 nitrogen and oxygen atoms in total. The fourth-order valence-electron chi connectivity index (χ4n) is 4.39. The lowest BCUT2D eigenvalue weighted by atomic mass is 10.0. The van der Waals surface area contributed by atoms with Crippen LogP contribution < -0.4 is 10.9 Å². The summed E-state index contributed by atoms with van der Waals surface area (Å²) in [6.07, 6.45) is 3.82. The van der Waals surface area contributed by atoms with Crippen LogP contribution in [0, 0.1) is 0 Å². The molecule has 2 N–H and O–H groups in total. The van der Waals surface area contributed by atoms with E-state index in [0.29, 0.717) is 12.2 Å². The van der Waals surface area contributed by atoms with Crippen molar-refractivity contribution in [3.8, 4) is 11.1 Å². The third-order valence-electron chi connectivity index (χ3n) is 6.11. The normalized spacial score (nSPS) is 13.8. The van der Waals surface area contributed by atoms with Gasteiger partial charge in [-0.05, 0) is 48.4 Å². The van der Waals surface area contributed by atoms with Crippen LogP contribution in [0.25, 0.3) is 21.3 Å². The lowest BCUT2D eigenvalue weighted by Gasteiger charge is -2.15. The Balaban J connectivity index is 1.21. The molecular weight excluding hydrogens is 418 g/mol. The fourth-order valence-corrected chi connectivity index (χ4v) is 5.67. The van der Waals surface area contributed by atoms with Crippen molar-refractivity contribution in [3.05, 3.63) is 86.8 Å². The zero-order valence-electron chi connectivity index (χ0n) is 18.0. The third kappa shape index (κ3) is 4.10. The fraction of sp³-hybridized carbons (Fsp3) is 0.269. The summed E-state index contributed by atoms with van der Waals surface area (Å²) in [6.45, 7) is 1.98. The number of carbonyl (C=O) groups is 1. The van der Waals surface area contributed by atoms with Gasteiger partial charge in [0.1, 0.15) is 10.7 Å². The van der Waals surface area contributed by atoms with Crippen molar-refractivity contribution in [1.29, 1.82) is 0 Å². The van der Waals surface area contributed by atoms with E-state index in [4.69, 9.17) is 0 Å². The summed E-state index contributed by atoms with van der Waals surface area (Å²) >= 11 is 1.62. The summed E-state index contributed by atoms with van der Waals surface area (Å²) in [6, 6.07) is 18.4. The van der Waals surface area contributed by atoms with Gasteiger partial charge < -0.3 is 10.3 Å². The molecule has 0 bridgehead atoms. The highest BCUT2D eigenvalue weighted by atomic mass is 32.1. The highest BCUT2D eigenvalue weighted by Gasteiger charge is 2.21. The Hall–Kier alpha value is -3.25. The van der Waals surface area contributed by atoms with Crippen LogP contribution in [0.1, 0.15) is 47.6 Å². The number of aryl methyl sites for hydroxylation is 3. The van der Waals surface area contributed by atoms with Crippen molar-refractivity contribution < 1.29 is 4.79 Å². The number of aromatic amines is 1. The van der Waals surface area contributed by atoms with Gasteiger partial charge in [-0.1, -0.05) is 54.6 Å². The number of carbonyl (C=O) groups excluding carboxylic acids is 1. The molecule has 1 aliphatic carbocycles. The maximum atomic E-state index is 12.6. The summed E-state index contributed by atoms with van der Waals surface area (Å²) in [5.41, 5.74) is 4.48. The van der Waals surface area contributed by atoms with Crippen molar-refractivity contribution in [3.63, 3.8) is 0 Å². The number of hydrogen-bond donors (Lipinski definition) is 2. The van der Waals surface area contributed by atoms with E-state index < -0.39 is 0 Å². The van der Waals surface area contributed by atoms with E-state index in [1.54, 1.807) is 11.3 Å². The maximum absolute atomic E-state index is 12.6. The first-order valence-corrected chi connectivity index (χ1v) is 11.9. The number of nitrogens with one attached hydrogen (secondary N) is 2. The number of fused-ring (bicyclic) bond motifs is 3. The second-order valence-corrected chi connectivity index (χ2v) is 9.41.